The number of carbonyl (C=O) groups excluding carboxylic acids is 1. The molecule has 0 aliphatic heterocycles. The Morgan fingerprint density at radius 2 is 1.64 bits per heavy atom. The minimum absolute atomic E-state index is 0.137. The van der Waals surface area contributed by atoms with Gasteiger partial charge in [0.2, 0.25) is 0 Å². The van der Waals surface area contributed by atoms with Gasteiger partial charge in [0.25, 0.3) is 0 Å². The van der Waals surface area contributed by atoms with E-state index in [1.54, 1.807) is 6.07 Å². The fourth-order valence-corrected chi connectivity index (χ4v) is 1.50. The number of esters is 1. The van der Waals surface area contributed by atoms with E-state index in [1.807, 2.05) is 0 Å². The topological polar surface area (TPSA) is 46.5 Å². The van der Waals surface area contributed by atoms with Gasteiger partial charge in [-0.05, 0) is 11.1 Å². The first kappa shape index (κ1) is 18.0. The Kier molecular flexibility index (Phi) is 4.91. The van der Waals surface area contributed by atoms with Crippen molar-refractivity contribution in [3.05, 3.63) is 42.0 Å². The van der Waals surface area contributed by atoms with Gasteiger partial charge in [-0.25, -0.2) is 4.79 Å². The molecule has 3 nitrogen and oxygen atoms in total. The summed E-state index contributed by atoms with van der Waals surface area (Å²) in [6.45, 7) is 2.52. The lowest BCUT2D eigenvalue weighted by Gasteiger charge is -2.29. The van der Waals surface area contributed by atoms with Crippen molar-refractivity contribution in [3.8, 4) is 0 Å². The lowest BCUT2D eigenvalue weighted by atomic mass is 10.0. The van der Waals surface area contributed by atoms with Gasteiger partial charge < -0.3 is 9.84 Å². The van der Waals surface area contributed by atoms with Gasteiger partial charge in [-0.1, -0.05) is 36.9 Å². The van der Waals surface area contributed by atoms with Gasteiger partial charge in [-0.2, -0.15) is 26.3 Å². The maximum Gasteiger partial charge on any atom is 0.437 e. The average molecular weight is 328 g/mol. The molecule has 0 aliphatic carbocycles. The second-order valence-electron chi connectivity index (χ2n) is 4.18. The number of hydrogen-bond acceptors (Lipinski definition) is 3. The molecule has 0 atom stereocenters. The molecule has 0 heterocycles. The predicted octanol–water partition coefficient (Wildman–Crippen LogP) is 3.23. The third kappa shape index (κ3) is 3.24. The van der Waals surface area contributed by atoms with E-state index in [9.17, 15) is 31.1 Å². The maximum atomic E-state index is 12.4. The zero-order valence-electron chi connectivity index (χ0n) is 10.8. The zero-order valence-corrected chi connectivity index (χ0v) is 10.8. The molecule has 1 aromatic rings. The molecule has 1 aromatic carbocycles. The molecule has 0 aliphatic rings. The van der Waals surface area contributed by atoms with E-state index < -0.39 is 30.5 Å². The Morgan fingerprint density at radius 3 is 2.09 bits per heavy atom. The summed E-state index contributed by atoms with van der Waals surface area (Å²) in [4.78, 5) is 11.2. The standard InChI is InChI=1S/C13H10F6O3/c1-2-8-5-3-4-6-9(8)7-22-10(20)11(21,12(14,15)16)13(17,18)19/h2-6,21H,1,7H2. The molecule has 0 amide bonds. The lowest BCUT2D eigenvalue weighted by molar-refractivity contribution is -0.357. The van der Waals surface area contributed by atoms with Gasteiger partial charge in [0.05, 0.1) is 0 Å². The molecule has 122 valence electrons. The molecule has 0 fully saturated rings. The number of hydrogen-bond donors (Lipinski definition) is 1. The SMILES string of the molecule is C=Cc1ccccc1COC(=O)C(O)(C(F)(F)F)C(F)(F)F. The number of alkyl halides is 6. The molecule has 1 rings (SSSR count). The highest BCUT2D eigenvalue weighted by molar-refractivity contribution is 5.81. The highest BCUT2D eigenvalue weighted by atomic mass is 19.4. The highest BCUT2D eigenvalue weighted by Crippen LogP contribution is 2.43. The summed E-state index contributed by atoms with van der Waals surface area (Å²) in [5, 5.41) is 8.81. The Hall–Kier alpha value is -2.03. The van der Waals surface area contributed by atoms with Crippen LogP contribution < -0.4 is 0 Å². The van der Waals surface area contributed by atoms with E-state index >= 15 is 0 Å². The van der Waals surface area contributed by atoms with E-state index in [-0.39, 0.29) is 5.56 Å². The van der Waals surface area contributed by atoms with Gasteiger partial charge in [0.1, 0.15) is 6.61 Å². The normalized spacial score (nSPS) is 12.9. The van der Waals surface area contributed by atoms with Crippen LogP contribution in [0.15, 0.2) is 30.8 Å². The number of carbonyl (C=O) groups is 1. The van der Waals surface area contributed by atoms with Crippen LogP contribution in [-0.2, 0) is 16.1 Å². The number of halogens is 6. The van der Waals surface area contributed by atoms with Gasteiger partial charge >= 0.3 is 23.9 Å². The van der Waals surface area contributed by atoms with Gasteiger partial charge in [-0.3, -0.25) is 0 Å². The third-order valence-corrected chi connectivity index (χ3v) is 2.75. The molecule has 22 heavy (non-hydrogen) atoms. The van der Waals surface area contributed by atoms with Gasteiger partial charge in [0, 0.05) is 0 Å². The summed E-state index contributed by atoms with van der Waals surface area (Å²) in [6, 6.07) is 5.78. The Morgan fingerprint density at radius 1 is 1.14 bits per heavy atom. The largest absolute Gasteiger partial charge is 0.458 e. The monoisotopic (exact) mass is 328 g/mol. The smallest absolute Gasteiger partial charge is 0.437 e. The molecule has 9 heteroatoms. The van der Waals surface area contributed by atoms with Crippen molar-refractivity contribution in [1.29, 1.82) is 0 Å². The minimum Gasteiger partial charge on any atom is -0.458 e. The first-order valence-corrected chi connectivity index (χ1v) is 5.68. The molecule has 0 aromatic heterocycles. The third-order valence-electron chi connectivity index (χ3n) is 2.75. The Bertz CT molecular complexity index is 548. The lowest BCUT2D eigenvalue weighted by Crippen LogP contribution is -2.62. The predicted molar refractivity (Wildman–Crippen MR) is 63.4 cm³/mol. The van der Waals surface area contributed by atoms with Crippen LogP contribution in [0.3, 0.4) is 0 Å². The second-order valence-corrected chi connectivity index (χ2v) is 4.18. The summed E-state index contributed by atoms with van der Waals surface area (Å²) < 4.78 is 78.6. The van der Waals surface area contributed by atoms with Crippen molar-refractivity contribution in [2.45, 2.75) is 24.6 Å². The molecule has 0 radical (unpaired) electrons. The number of benzene rings is 1. The first-order chi connectivity index (χ1) is 9.95. The molecular formula is C13H10F6O3. The minimum atomic E-state index is -6.26. The van der Waals surface area contributed by atoms with E-state index in [0.29, 0.717) is 5.56 Å². The van der Waals surface area contributed by atoms with Crippen LogP contribution in [0.25, 0.3) is 6.08 Å². The number of aliphatic hydroxyl groups is 1. The molecule has 1 N–H and O–H groups in total. The van der Waals surface area contributed by atoms with Crippen LogP contribution in [0, 0.1) is 0 Å². The van der Waals surface area contributed by atoms with Crippen molar-refractivity contribution in [1.82, 2.24) is 0 Å². The first-order valence-electron chi connectivity index (χ1n) is 5.68. The summed E-state index contributed by atoms with van der Waals surface area (Å²) in [6.07, 6.45) is -11.2. The van der Waals surface area contributed by atoms with Crippen LogP contribution in [0.2, 0.25) is 0 Å². The van der Waals surface area contributed by atoms with Crippen molar-refractivity contribution in [3.63, 3.8) is 0 Å². The van der Waals surface area contributed by atoms with Crippen LogP contribution in [0.5, 0.6) is 0 Å². The summed E-state index contributed by atoms with van der Waals surface area (Å²) in [5.74, 6) is -2.84. The summed E-state index contributed by atoms with van der Waals surface area (Å²) in [7, 11) is 0. The maximum absolute atomic E-state index is 12.4. The van der Waals surface area contributed by atoms with E-state index in [2.05, 4.69) is 11.3 Å². The number of ether oxygens (including phenoxy) is 1. The molecule has 0 bridgehead atoms. The Balaban J connectivity index is 3.02. The Labute approximate surface area is 120 Å². The zero-order chi connectivity index (χ0) is 17.2. The van der Waals surface area contributed by atoms with Crippen LogP contribution in [0.4, 0.5) is 26.3 Å². The van der Waals surface area contributed by atoms with Crippen LogP contribution in [0.1, 0.15) is 11.1 Å². The molecule has 0 spiro atoms. The quantitative estimate of drug-likeness (QED) is 0.682. The van der Waals surface area contributed by atoms with Gasteiger partial charge in [-0.15, -0.1) is 0 Å². The molecule has 0 unspecified atom stereocenters. The van der Waals surface area contributed by atoms with Crippen molar-refractivity contribution >= 4 is 12.0 Å². The van der Waals surface area contributed by atoms with E-state index in [4.69, 9.17) is 5.11 Å². The van der Waals surface area contributed by atoms with Crippen LogP contribution >= 0.6 is 0 Å². The summed E-state index contributed by atoms with van der Waals surface area (Å²) >= 11 is 0. The average Bonchev–Trinajstić information content (AvgIpc) is 2.41. The van der Waals surface area contributed by atoms with Gasteiger partial charge in [0.15, 0.2) is 0 Å². The second kappa shape index (κ2) is 5.99. The fraction of sp³-hybridized carbons (Fsp3) is 0.308. The number of rotatable bonds is 4. The van der Waals surface area contributed by atoms with Crippen molar-refractivity contribution < 1.29 is 41.0 Å². The van der Waals surface area contributed by atoms with Crippen molar-refractivity contribution in [2.75, 3.05) is 0 Å². The fourth-order valence-electron chi connectivity index (χ4n) is 1.50. The summed E-state index contributed by atoms with van der Waals surface area (Å²) in [5.41, 5.74) is -5.08. The molecular weight excluding hydrogens is 318 g/mol. The van der Waals surface area contributed by atoms with E-state index in [1.165, 1.54) is 24.3 Å². The van der Waals surface area contributed by atoms with Crippen molar-refractivity contribution in [2.24, 2.45) is 0 Å². The van der Waals surface area contributed by atoms with Crippen LogP contribution in [-0.4, -0.2) is 29.0 Å². The molecule has 0 saturated heterocycles. The van der Waals surface area contributed by atoms with E-state index in [0.717, 1.165) is 0 Å². The molecule has 0 saturated carbocycles. The highest BCUT2D eigenvalue weighted by Gasteiger charge is 2.76.